The number of hydrogen-bond acceptors (Lipinski definition) is 3. The Hall–Kier alpha value is -2.88. The van der Waals surface area contributed by atoms with E-state index in [0.717, 1.165) is 27.6 Å². The van der Waals surface area contributed by atoms with E-state index in [1.54, 1.807) is 19.5 Å². The second-order valence-electron chi connectivity index (χ2n) is 6.21. The first-order valence-corrected chi connectivity index (χ1v) is 8.36. The second-order valence-corrected chi connectivity index (χ2v) is 6.21. The van der Waals surface area contributed by atoms with Crippen LogP contribution in [0, 0.1) is 0 Å². The van der Waals surface area contributed by atoms with Crippen molar-refractivity contribution in [2.45, 2.75) is 25.8 Å². The summed E-state index contributed by atoms with van der Waals surface area (Å²) >= 11 is 0. The van der Waals surface area contributed by atoms with Gasteiger partial charge in [-0.2, -0.15) is 0 Å². The molecule has 1 heterocycles. The Morgan fingerprint density at radius 3 is 2.36 bits per heavy atom. The van der Waals surface area contributed by atoms with Gasteiger partial charge in [0.25, 0.3) is 0 Å². The van der Waals surface area contributed by atoms with Crippen LogP contribution in [0.15, 0.2) is 60.9 Å². The third-order valence-corrected chi connectivity index (χ3v) is 4.53. The monoisotopic (exact) mass is 334 g/mol. The number of rotatable bonds is 5. The molecule has 0 bridgehead atoms. The Bertz CT molecular complexity index is 877. The van der Waals surface area contributed by atoms with E-state index in [4.69, 9.17) is 4.74 Å². The molecule has 0 unspecified atom stereocenters. The van der Waals surface area contributed by atoms with Crippen LogP contribution in [-0.2, 0) is 4.79 Å². The van der Waals surface area contributed by atoms with Gasteiger partial charge in [-0.3, -0.25) is 9.78 Å². The van der Waals surface area contributed by atoms with Gasteiger partial charge in [0, 0.05) is 12.4 Å². The van der Waals surface area contributed by atoms with Crippen molar-refractivity contribution >= 4 is 16.7 Å². The number of nitrogens with one attached hydrogen (secondary N) is 1. The van der Waals surface area contributed by atoms with Crippen LogP contribution >= 0.6 is 0 Å². The van der Waals surface area contributed by atoms with Crippen molar-refractivity contribution in [3.05, 3.63) is 72.1 Å². The minimum atomic E-state index is -0.226. The Balaban J connectivity index is 1.76. The van der Waals surface area contributed by atoms with Crippen molar-refractivity contribution in [3.63, 3.8) is 0 Å². The Morgan fingerprint density at radius 1 is 0.960 bits per heavy atom. The van der Waals surface area contributed by atoms with Crippen LogP contribution in [-0.4, -0.2) is 18.0 Å². The van der Waals surface area contributed by atoms with Gasteiger partial charge in [0.15, 0.2) is 0 Å². The van der Waals surface area contributed by atoms with E-state index in [9.17, 15) is 4.79 Å². The number of methoxy groups -OCH3 is 1. The maximum atomic E-state index is 12.6. The molecule has 3 rings (SSSR count). The highest BCUT2D eigenvalue weighted by atomic mass is 16.5. The van der Waals surface area contributed by atoms with Gasteiger partial charge in [0.2, 0.25) is 5.91 Å². The lowest BCUT2D eigenvalue weighted by molar-refractivity contribution is -0.122. The van der Waals surface area contributed by atoms with Gasteiger partial charge in [-0.1, -0.05) is 24.3 Å². The van der Waals surface area contributed by atoms with E-state index < -0.39 is 0 Å². The molecule has 0 fully saturated rings. The van der Waals surface area contributed by atoms with Crippen molar-refractivity contribution in [3.8, 4) is 5.75 Å². The van der Waals surface area contributed by atoms with Crippen LogP contribution in [0.2, 0.25) is 0 Å². The largest absolute Gasteiger partial charge is 0.497 e. The zero-order valence-electron chi connectivity index (χ0n) is 14.7. The molecule has 0 spiro atoms. The van der Waals surface area contributed by atoms with E-state index in [2.05, 4.69) is 16.4 Å². The van der Waals surface area contributed by atoms with Crippen LogP contribution in [0.4, 0.5) is 0 Å². The van der Waals surface area contributed by atoms with Crippen molar-refractivity contribution in [1.29, 1.82) is 0 Å². The molecule has 0 saturated heterocycles. The normalized spacial score (nSPS) is 13.2. The van der Waals surface area contributed by atoms with Gasteiger partial charge in [0.1, 0.15) is 5.75 Å². The van der Waals surface area contributed by atoms with Crippen molar-refractivity contribution in [2.24, 2.45) is 0 Å². The van der Waals surface area contributed by atoms with Crippen molar-refractivity contribution in [2.75, 3.05) is 7.11 Å². The van der Waals surface area contributed by atoms with Gasteiger partial charge >= 0.3 is 0 Å². The van der Waals surface area contributed by atoms with E-state index in [0.29, 0.717) is 0 Å². The average molecular weight is 334 g/mol. The van der Waals surface area contributed by atoms with E-state index in [1.165, 1.54) is 0 Å². The molecular weight excluding hydrogens is 312 g/mol. The molecule has 0 aliphatic heterocycles. The summed E-state index contributed by atoms with van der Waals surface area (Å²) < 4.78 is 5.26. The lowest BCUT2D eigenvalue weighted by atomic mass is 9.96. The number of fused-ring (bicyclic) bond motifs is 1. The molecule has 1 amide bonds. The number of carbonyl (C=O) groups is 1. The van der Waals surface area contributed by atoms with Gasteiger partial charge < -0.3 is 10.1 Å². The first-order valence-electron chi connectivity index (χ1n) is 8.36. The summed E-state index contributed by atoms with van der Waals surface area (Å²) in [5.41, 5.74) is 2.04. The van der Waals surface area contributed by atoms with E-state index >= 15 is 0 Å². The number of carbonyl (C=O) groups excluding carboxylic acids is 1. The minimum Gasteiger partial charge on any atom is -0.497 e. The molecule has 2 atom stereocenters. The summed E-state index contributed by atoms with van der Waals surface area (Å²) in [7, 11) is 1.66. The highest BCUT2D eigenvalue weighted by Gasteiger charge is 2.18. The van der Waals surface area contributed by atoms with Crippen molar-refractivity contribution in [1.82, 2.24) is 10.3 Å². The zero-order valence-corrected chi connectivity index (χ0v) is 14.7. The Kier molecular flexibility index (Phi) is 4.98. The molecule has 0 saturated carbocycles. The smallest absolute Gasteiger partial charge is 0.227 e. The van der Waals surface area contributed by atoms with E-state index in [1.807, 2.05) is 56.3 Å². The summed E-state index contributed by atoms with van der Waals surface area (Å²) in [6, 6.07) is 15.8. The minimum absolute atomic E-state index is 0.0113. The topological polar surface area (TPSA) is 51.2 Å². The Morgan fingerprint density at radius 2 is 1.64 bits per heavy atom. The molecule has 0 aliphatic rings. The van der Waals surface area contributed by atoms with Gasteiger partial charge in [0.05, 0.1) is 19.1 Å². The van der Waals surface area contributed by atoms with Crippen LogP contribution in [0.3, 0.4) is 0 Å². The fourth-order valence-corrected chi connectivity index (χ4v) is 2.86. The average Bonchev–Trinajstić information content (AvgIpc) is 2.67. The highest BCUT2D eigenvalue weighted by molar-refractivity contribution is 5.88. The predicted molar refractivity (Wildman–Crippen MR) is 99.7 cm³/mol. The molecule has 3 aromatic rings. The summed E-state index contributed by atoms with van der Waals surface area (Å²) in [5, 5.41) is 5.27. The number of nitrogens with zero attached hydrogens (tertiary/aromatic N) is 1. The SMILES string of the molecule is COc1ccc2cc([C@H](C)C(=O)N[C@H](C)c3ccncc3)ccc2c1. The van der Waals surface area contributed by atoms with Gasteiger partial charge in [-0.25, -0.2) is 0 Å². The molecule has 1 aromatic heterocycles. The maximum absolute atomic E-state index is 12.6. The van der Waals surface area contributed by atoms with Gasteiger partial charge in [-0.05, 0) is 60.0 Å². The molecule has 2 aromatic carbocycles. The molecule has 4 heteroatoms. The number of amides is 1. The number of benzene rings is 2. The van der Waals surface area contributed by atoms with Gasteiger partial charge in [-0.15, -0.1) is 0 Å². The molecule has 4 nitrogen and oxygen atoms in total. The standard InChI is InChI=1S/C21H22N2O2/c1-14(21(24)23-15(2)16-8-10-22-11-9-16)17-4-5-19-13-20(25-3)7-6-18(19)12-17/h4-15H,1-3H3,(H,23,24)/t14-,15+/m0/s1. The first-order chi connectivity index (χ1) is 12.1. The third kappa shape index (κ3) is 3.79. The molecule has 0 radical (unpaired) electrons. The molecule has 0 aliphatic carbocycles. The number of ether oxygens (including phenoxy) is 1. The quantitative estimate of drug-likeness (QED) is 0.760. The first kappa shape index (κ1) is 17.0. The molecule has 25 heavy (non-hydrogen) atoms. The third-order valence-electron chi connectivity index (χ3n) is 4.53. The van der Waals surface area contributed by atoms with Crippen LogP contribution in [0.5, 0.6) is 5.75 Å². The summed E-state index contributed by atoms with van der Waals surface area (Å²) in [4.78, 5) is 16.6. The van der Waals surface area contributed by atoms with Crippen LogP contribution in [0.1, 0.15) is 36.9 Å². The zero-order chi connectivity index (χ0) is 17.8. The summed E-state index contributed by atoms with van der Waals surface area (Å²) in [6.07, 6.45) is 3.47. The predicted octanol–water partition coefficient (Wildman–Crippen LogP) is 4.22. The lowest BCUT2D eigenvalue weighted by Gasteiger charge is -2.18. The molecule has 1 N–H and O–H groups in total. The second kappa shape index (κ2) is 7.34. The molecular formula is C21H22N2O2. The van der Waals surface area contributed by atoms with Crippen molar-refractivity contribution < 1.29 is 9.53 Å². The van der Waals surface area contributed by atoms with Crippen LogP contribution < -0.4 is 10.1 Å². The highest BCUT2D eigenvalue weighted by Crippen LogP contribution is 2.25. The maximum Gasteiger partial charge on any atom is 0.227 e. The fraction of sp³-hybridized carbons (Fsp3) is 0.238. The summed E-state index contributed by atoms with van der Waals surface area (Å²) in [6.45, 7) is 3.91. The molecule has 128 valence electrons. The number of pyridine rings is 1. The van der Waals surface area contributed by atoms with E-state index in [-0.39, 0.29) is 17.9 Å². The number of hydrogen-bond donors (Lipinski definition) is 1. The lowest BCUT2D eigenvalue weighted by Crippen LogP contribution is -2.30. The Labute approximate surface area is 147 Å². The summed E-state index contributed by atoms with van der Waals surface area (Å²) in [5.74, 6) is 0.616. The van der Waals surface area contributed by atoms with Crippen LogP contribution in [0.25, 0.3) is 10.8 Å². The number of aromatic nitrogens is 1. The fourth-order valence-electron chi connectivity index (χ4n) is 2.86.